The Morgan fingerprint density at radius 1 is 0.800 bits per heavy atom. The van der Waals surface area contributed by atoms with Gasteiger partial charge in [-0.05, 0) is 35.0 Å². The summed E-state index contributed by atoms with van der Waals surface area (Å²) in [5.74, 6) is -0.662. The SMILES string of the molecule is O=C(NCCOc1ccc2ccccc2c1)C(=O)Nc1ccccc1. The average Bonchev–Trinajstić information content (AvgIpc) is 2.65. The highest BCUT2D eigenvalue weighted by atomic mass is 16.5. The van der Waals surface area contributed by atoms with E-state index in [9.17, 15) is 9.59 Å². The first kappa shape index (κ1) is 16.5. The Morgan fingerprint density at radius 2 is 1.52 bits per heavy atom. The lowest BCUT2D eigenvalue weighted by molar-refractivity contribution is -0.136. The molecule has 0 bridgehead atoms. The van der Waals surface area contributed by atoms with Crippen LogP contribution in [0.5, 0.6) is 5.75 Å². The molecule has 3 rings (SSSR count). The number of benzene rings is 3. The predicted molar refractivity (Wildman–Crippen MR) is 97.5 cm³/mol. The summed E-state index contributed by atoms with van der Waals surface area (Å²) >= 11 is 0. The van der Waals surface area contributed by atoms with E-state index in [1.165, 1.54) is 0 Å². The molecule has 5 heteroatoms. The van der Waals surface area contributed by atoms with Crippen molar-refractivity contribution in [2.45, 2.75) is 0 Å². The zero-order chi connectivity index (χ0) is 17.5. The third-order valence-corrected chi connectivity index (χ3v) is 3.62. The van der Waals surface area contributed by atoms with Crippen molar-refractivity contribution in [3.05, 3.63) is 72.8 Å². The van der Waals surface area contributed by atoms with E-state index in [1.807, 2.05) is 48.5 Å². The van der Waals surface area contributed by atoms with E-state index in [0.29, 0.717) is 5.69 Å². The van der Waals surface area contributed by atoms with Gasteiger partial charge in [-0.15, -0.1) is 0 Å². The largest absolute Gasteiger partial charge is 0.492 e. The Morgan fingerprint density at radius 3 is 2.32 bits per heavy atom. The average molecular weight is 334 g/mol. The molecule has 0 aliphatic carbocycles. The molecule has 0 fully saturated rings. The Balaban J connectivity index is 1.44. The van der Waals surface area contributed by atoms with E-state index in [4.69, 9.17) is 4.74 Å². The van der Waals surface area contributed by atoms with Crippen LogP contribution in [0.1, 0.15) is 0 Å². The van der Waals surface area contributed by atoms with Crippen LogP contribution in [0.4, 0.5) is 5.69 Å². The maximum Gasteiger partial charge on any atom is 0.313 e. The maximum atomic E-state index is 11.8. The van der Waals surface area contributed by atoms with Gasteiger partial charge in [0.1, 0.15) is 12.4 Å². The molecule has 0 spiro atoms. The van der Waals surface area contributed by atoms with E-state index in [-0.39, 0.29) is 13.2 Å². The minimum Gasteiger partial charge on any atom is -0.492 e. The first-order valence-electron chi connectivity index (χ1n) is 7.98. The summed E-state index contributed by atoms with van der Waals surface area (Å²) in [6, 6.07) is 22.6. The zero-order valence-electron chi connectivity index (χ0n) is 13.6. The molecule has 0 aliphatic heterocycles. The van der Waals surface area contributed by atoms with Gasteiger partial charge >= 0.3 is 11.8 Å². The lowest BCUT2D eigenvalue weighted by Gasteiger charge is -2.09. The van der Waals surface area contributed by atoms with Crippen molar-refractivity contribution in [2.75, 3.05) is 18.5 Å². The molecular weight excluding hydrogens is 316 g/mol. The van der Waals surface area contributed by atoms with Crippen LogP contribution in [0.15, 0.2) is 72.8 Å². The third-order valence-electron chi connectivity index (χ3n) is 3.62. The summed E-state index contributed by atoms with van der Waals surface area (Å²) in [7, 11) is 0. The van der Waals surface area contributed by atoms with Crippen LogP contribution in [-0.2, 0) is 9.59 Å². The number of nitrogens with one attached hydrogen (secondary N) is 2. The zero-order valence-corrected chi connectivity index (χ0v) is 13.6. The number of rotatable bonds is 5. The van der Waals surface area contributed by atoms with Crippen molar-refractivity contribution < 1.29 is 14.3 Å². The summed E-state index contributed by atoms with van der Waals surface area (Å²) in [4.78, 5) is 23.5. The molecule has 0 heterocycles. The lowest BCUT2D eigenvalue weighted by Crippen LogP contribution is -2.37. The van der Waals surface area contributed by atoms with Gasteiger partial charge in [0.2, 0.25) is 0 Å². The maximum absolute atomic E-state index is 11.8. The number of fused-ring (bicyclic) bond motifs is 1. The minimum absolute atomic E-state index is 0.244. The molecular formula is C20H18N2O3. The fraction of sp³-hybridized carbons (Fsp3) is 0.100. The molecule has 0 atom stereocenters. The fourth-order valence-corrected chi connectivity index (χ4v) is 2.38. The van der Waals surface area contributed by atoms with E-state index < -0.39 is 11.8 Å². The van der Waals surface area contributed by atoms with Gasteiger partial charge in [0.15, 0.2) is 0 Å². The summed E-state index contributed by atoms with van der Waals surface area (Å²) < 4.78 is 5.62. The standard InChI is InChI=1S/C20H18N2O3/c23-19(20(24)22-17-8-2-1-3-9-17)21-12-13-25-18-11-10-15-6-4-5-7-16(15)14-18/h1-11,14H,12-13H2,(H,21,23)(H,22,24). The molecule has 0 saturated carbocycles. The molecule has 2 N–H and O–H groups in total. The van der Waals surface area contributed by atoms with Crippen molar-refractivity contribution in [3.63, 3.8) is 0 Å². The Labute approximate surface area is 145 Å². The number of hydrogen-bond acceptors (Lipinski definition) is 3. The number of ether oxygens (including phenoxy) is 1. The van der Waals surface area contributed by atoms with Crippen LogP contribution in [0.3, 0.4) is 0 Å². The van der Waals surface area contributed by atoms with E-state index >= 15 is 0 Å². The van der Waals surface area contributed by atoms with Gasteiger partial charge in [0.25, 0.3) is 0 Å². The normalized spacial score (nSPS) is 10.2. The molecule has 0 unspecified atom stereocenters. The smallest absolute Gasteiger partial charge is 0.313 e. The van der Waals surface area contributed by atoms with E-state index in [0.717, 1.165) is 16.5 Å². The Kier molecular flexibility index (Phi) is 5.26. The highest BCUT2D eigenvalue weighted by Gasteiger charge is 2.12. The second-order valence-corrected chi connectivity index (χ2v) is 5.43. The van der Waals surface area contributed by atoms with Gasteiger partial charge in [-0.25, -0.2) is 0 Å². The molecule has 0 aromatic heterocycles. The highest BCUT2D eigenvalue weighted by molar-refractivity contribution is 6.39. The second kappa shape index (κ2) is 7.97. The van der Waals surface area contributed by atoms with Crippen LogP contribution < -0.4 is 15.4 Å². The van der Waals surface area contributed by atoms with Gasteiger partial charge in [-0.3, -0.25) is 9.59 Å². The Hall–Kier alpha value is -3.34. The molecule has 3 aromatic carbocycles. The first-order valence-corrected chi connectivity index (χ1v) is 7.98. The van der Waals surface area contributed by atoms with Gasteiger partial charge in [0, 0.05) is 5.69 Å². The lowest BCUT2D eigenvalue weighted by atomic mass is 10.1. The quantitative estimate of drug-likeness (QED) is 0.557. The summed E-state index contributed by atoms with van der Waals surface area (Å²) in [5, 5.41) is 7.29. The molecule has 126 valence electrons. The van der Waals surface area contributed by atoms with E-state index in [2.05, 4.69) is 10.6 Å². The number of anilines is 1. The van der Waals surface area contributed by atoms with Gasteiger partial charge < -0.3 is 15.4 Å². The third kappa shape index (κ3) is 4.57. The molecule has 3 aromatic rings. The number of para-hydroxylation sites is 1. The van der Waals surface area contributed by atoms with Gasteiger partial charge in [-0.2, -0.15) is 0 Å². The van der Waals surface area contributed by atoms with Crippen LogP contribution in [0.2, 0.25) is 0 Å². The van der Waals surface area contributed by atoms with Crippen molar-refractivity contribution in [1.29, 1.82) is 0 Å². The van der Waals surface area contributed by atoms with Crippen LogP contribution in [0, 0.1) is 0 Å². The highest BCUT2D eigenvalue weighted by Crippen LogP contribution is 2.20. The summed E-state index contributed by atoms with van der Waals surface area (Å²) in [6.07, 6.45) is 0. The number of amides is 2. The van der Waals surface area contributed by atoms with Crippen molar-refractivity contribution in [3.8, 4) is 5.75 Å². The van der Waals surface area contributed by atoms with E-state index in [1.54, 1.807) is 24.3 Å². The molecule has 2 amide bonds. The predicted octanol–water partition coefficient (Wildman–Crippen LogP) is 2.97. The Bertz CT molecular complexity index is 878. The summed E-state index contributed by atoms with van der Waals surface area (Å²) in [5.41, 5.74) is 0.579. The van der Waals surface area contributed by atoms with Crippen molar-refractivity contribution in [1.82, 2.24) is 5.32 Å². The number of hydrogen-bond donors (Lipinski definition) is 2. The minimum atomic E-state index is -0.697. The molecule has 0 saturated heterocycles. The second-order valence-electron chi connectivity index (χ2n) is 5.43. The monoisotopic (exact) mass is 334 g/mol. The van der Waals surface area contributed by atoms with Gasteiger partial charge in [0.05, 0.1) is 6.54 Å². The van der Waals surface area contributed by atoms with Crippen molar-refractivity contribution in [2.24, 2.45) is 0 Å². The molecule has 0 aliphatic rings. The molecule has 0 radical (unpaired) electrons. The number of carbonyl (C=O) groups is 2. The van der Waals surface area contributed by atoms with Crippen LogP contribution in [-0.4, -0.2) is 25.0 Å². The van der Waals surface area contributed by atoms with Crippen LogP contribution in [0.25, 0.3) is 10.8 Å². The topological polar surface area (TPSA) is 67.4 Å². The fourth-order valence-electron chi connectivity index (χ4n) is 2.38. The van der Waals surface area contributed by atoms with Crippen LogP contribution >= 0.6 is 0 Å². The molecule has 5 nitrogen and oxygen atoms in total. The van der Waals surface area contributed by atoms with Gasteiger partial charge in [-0.1, -0.05) is 48.5 Å². The summed E-state index contributed by atoms with van der Waals surface area (Å²) in [6.45, 7) is 0.524. The molecule has 25 heavy (non-hydrogen) atoms. The van der Waals surface area contributed by atoms with Crippen molar-refractivity contribution >= 4 is 28.3 Å². The first-order chi connectivity index (χ1) is 12.2. The number of carbonyl (C=O) groups excluding carboxylic acids is 2.